The average molecular weight is 277 g/mol. The molecule has 2 rings (SSSR count). The van der Waals surface area contributed by atoms with Gasteiger partial charge in [-0.1, -0.05) is 40.5 Å². The van der Waals surface area contributed by atoms with Gasteiger partial charge in [-0.05, 0) is 30.6 Å². The molecule has 0 radical (unpaired) electrons. The molecule has 1 aliphatic carbocycles. The maximum Gasteiger partial charge on any atom is 0.0946 e. The van der Waals surface area contributed by atoms with Crippen molar-refractivity contribution < 1.29 is 0 Å². The van der Waals surface area contributed by atoms with Crippen LogP contribution in [0.15, 0.2) is 18.7 Å². The minimum atomic E-state index is 0.266. The maximum atomic E-state index is 4.16. The lowest BCUT2D eigenvalue weighted by Gasteiger charge is -2.35. The normalized spacial score (nSPS) is 26.2. The van der Waals surface area contributed by atoms with Gasteiger partial charge in [-0.25, -0.2) is 4.98 Å². The number of imidazole rings is 1. The highest BCUT2D eigenvalue weighted by Gasteiger charge is 2.28. The standard InChI is InChI=1S/C17H31N3/c1-14-6-5-7-15(9-8-14)19-16(17(2,3)4)12-20-11-10-18-13-20/h10-11,13-16,19H,5-9,12H2,1-4H3. The second-order valence-electron chi connectivity index (χ2n) is 7.66. The van der Waals surface area contributed by atoms with Crippen molar-refractivity contribution >= 4 is 0 Å². The molecule has 1 aliphatic rings. The molecule has 0 bridgehead atoms. The summed E-state index contributed by atoms with van der Waals surface area (Å²) in [5.41, 5.74) is 0.266. The van der Waals surface area contributed by atoms with Gasteiger partial charge in [0.05, 0.1) is 6.33 Å². The van der Waals surface area contributed by atoms with Crippen LogP contribution in [0.4, 0.5) is 0 Å². The fourth-order valence-corrected chi connectivity index (χ4v) is 3.12. The average Bonchev–Trinajstić information content (AvgIpc) is 2.78. The second-order valence-corrected chi connectivity index (χ2v) is 7.66. The highest BCUT2D eigenvalue weighted by molar-refractivity contribution is 4.87. The first-order chi connectivity index (χ1) is 9.45. The summed E-state index contributed by atoms with van der Waals surface area (Å²) in [7, 11) is 0. The summed E-state index contributed by atoms with van der Waals surface area (Å²) in [4.78, 5) is 4.16. The van der Waals surface area contributed by atoms with Crippen LogP contribution in [0.25, 0.3) is 0 Å². The molecular weight excluding hydrogens is 246 g/mol. The Morgan fingerprint density at radius 1 is 1.25 bits per heavy atom. The van der Waals surface area contributed by atoms with Gasteiger partial charge < -0.3 is 9.88 Å². The van der Waals surface area contributed by atoms with Crippen molar-refractivity contribution in [2.75, 3.05) is 0 Å². The number of hydrogen-bond donors (Lipinski definition) is 1. The van der Waals surface area contributed by atoms with E-state index in [0.29, 0.717) is 12.1 Å². The number of nitrogens with one attached hydrogen (secondary N) is 1. The van der Waals surface area contributed by atoms with Crippen LogP contribution in [0, 0.1) is 11.3 Å². The van der Waals surface area contributed by atoms with Gasteiger partial charge in [-0.3, -0.25) is 0 Å². The SMILES string of the molecule is CC1CCCC(NC(Cn2ccnc2)C(C)(C)C)CC1. The number of nitrogens with zero attached hydrogens (tertiary/aromatic N) is 2. The summed E-state index contributed by atoms with van der Waals surface area (Å²) in [6.07, 6.45) is 12.7. The minimum Gasteiger partial charge on any atom is -0.336 e. The summed E-state index contributed by atoms with van der Waals surface area (Å²) in [5.74, 6) is 0.906. The molecule has 3 nitrogen and oxygen atoms in total. The lowest BCUT2D eigenvalue weighted by molar-refractivity contribution is 0.214. The molecule has 0 amide bonds. The van der Waals surface area contributed by atoms with Crippen molar-refractivity contribution in [1.82, 2.24) is 14.9 Å². The maximum absolute atomic E-state index is 4.16. The molecule has 3 atom stereocenters. The first-order valence-corrected chi connectivity index (χ1v) is 8.17. The molecule has 1 N–H and O–H groups in total. The topological polar surface area (TPSA) is 29.9 Å². The van der Waals surface area contributed by atoms with Crippen molar-refractivity contribution in [3.05, 3.63) is 18.7 Å². The van der Waals surface area contributed by atoms with E-state index in [0.717, 1.165) is 12.5 Å². The number of rotatable bonds is 4. The summed E-state index contributed by atoms with van der Waals surface area (Å²) < 4.78 is 2.20. The van der Waals surface area contributed by atoms with Gasteiger partial charge in [0.15, 0.2) is 0 Å². The summed E-state index contributed by atoms with van der Waals surface area (Å²) >= 11 is 0. The predicted octanol–water partition coefficient (Wildman–Crippen LogP) is 3.86. The predicted molar refractivity (Wildman–Crippen MR) is 84.6 cm³/mol. The molecule has 3 unspecified atom stereocenters. The highest BCUT2D eigenvalue weighted by atomic mass is 15.1. The molecule has 0 aromatic carbocycles. The van der Waals surface area contributed by atoms with E-state index in [2.05, 4.69) is 48.8 Å². The minimum absolute atomic E-state index is 0.266. The van der Waals surface area contributed by atoms with Crippen LogP contribution in [0.2, 0.25) is 0 Å². The third-order valence-corrected chi connectivity index (χ3v) is 4.69. The Balaban J connectivity index is 1.96. The third-order valence-electron chi connectivity index (χ3n) is 4.69. The van der Waals surface area contributed by atoms with Crippen molar-refractivity contribution in [2.45, 2.75) is 78.4 Å². The fourth-order valence-electron chi connectivity index (χ4n) is 3.12. The van der Waals surface area contributed by atoms with Gasteiger partial charge >= 0.3 is 0 Å². The molecule has 1 saturated carbocycles. The van der Waals surface area contributed by atoms with E-state index in [1.807, 2.05) is 12.5 Å². The van der Waals surface area contributed by atoms with Gasteiger partial charge in [0.2, 0.25) is 0 Å². The number of hydrogen-bond acceptors (Lipinski definition) is 2. The lowest BCUT2D eigenvalue weighted by Crippen LogP contribution is -2.48. The van der Waals surface area contributed by atoms with Crippen LogP contribution in [-0.2, 0) is 6.54 Å². The molecule has 114 valence electrons. The zero-order valence-electron chi connectivity index (χ0n) is 13.6. The van der Waals surface area contributed by atoms with Crippen molar-refractivity contribution in [2.24, 2.45) is 11.3 Å². The van der Waals surface area contributed by atoms with E-state index < -0.39 is 0 Å². The largest absolute Gasteiger partial charge is 0.336 e. The lowest BCUT2D eigenvalue weighted by atomic mass is 9.85. The third kappa shape index (κ3) is 4.62. The van der Waals surface area contributed by atoms with E-state index in [-0.39, 0.29) is 5.41 Å². The van der Waals surface area contributed by atoms with E-state index in [1.165, 1.54) is 32.1 Å². The van der Waals surface area contributed by atoms with Crippen LogP contribution in [-0.4, -0.2) is 21.6 Å². The molecular formula is C17H31N3. The monoisotopic (exact) mass is 277 g/mol. The summed E-state index contributed by atoms with van der Waals surface area (Å²) in [6.45, 7) is 10.4. The van der Waals surface area contributed by atoms with Crippen LogP contribution in [0.3, 0.4) is 0 Å². The number of aromatic nitrogens is 2. The van der Waals surface area contributed by atoms with Gasteiger partial charge in [0, 0.05) is 31.0 Å². The fraction of sp³-hybridized carbons (Fsp3) is 0.824. The van der Waals surface area contributed by atoms with Gasteiger partial charge in [-0.2, -0.15) is 0 Å². The Morgan fingerprint density at radius 3 is 2.70 bits per heavy atom. The molecule has 0 spiro atoms. The Hall–Kier alpha value is -0.830. The molecule has 0 saturated heterocycles. The zero-order chi connectivity index (χ0) is 14.6. The Morgan fingerprint density at radius 2 is 2.05 bits per heavy atom. The Labute approximate surface area is 124 Å². The highest BCUT2D eigenvalue weighted by Crippen LogP contribution is 2.26. The first kappa shape index (κ1) is 15.6. The van der Waals surface area contributed by atoms with E-state index in [4.69, 9.17) is 0 Å². The Bertz CT molecular complexity index is 377. The molecule has 3 heteroatoms. The van der Waals surface area contributed by atoms with E-state index in [1.54, 1.807) is 0 Å². The molecule has 1 aromatic heterocycles. The van der Waals surface area contributed by atoms with Gasteiger partial charge in [0.1, 0.15) is 0 Å². The summed E-state index contributed by atoms with van der Waals surface area (Å²) in [6, 6.07) is 1.18. The van der Waals surface area contributed by atoms with Crippen LogP contribution in [0.1, 0.15) is 59.8 Å². The van der Waals surface area contributed by atoms with Gasteiger partial charge in [0.25, 0.3) is 0 Å². The van der Waals surface area contributed by atoms with Crippen LogP contribution in [0.5, 0.6) is 0 Å². The van der Waals surface area contributed by atoms with Crippen molar-refractivity contribution in [1.29, 1.82) is 0 Å². The van der Waals surface area contributed by atoms with Crippen molar-refractivity contribution in [3.63, 3.8) is 0 Å². The molecule has 1 aromatic rings. The van der Waals surface area contributed by atoms with Crippen molar-refractivity contribution in [3.8, 4) is 0 Å². The van der Waals surface area contributed by atoms with Crippen LogP contribution < -0.4 is 5.32 Å². The molecule has 1 fully saturated rings. The summed E-state index contributed by atoms with van der Waals surface area (Å²) in [5, 5.41) is 3.95. The molecule has 20 heavy (non-hydrogen) atoms. The quantitative estimate of drug-likeness (QED) is 0.847. The Kier molecular flexibility index (Phi) is 5.25. The zero-order valence-corrected chi connectivity index (χ0v) is 13.6. The first-order valence-electron chi connectivity index (χ1n) is 8.17. The molecule has 1 heterocycles. The smallest absolute Gasteiger partial charge is 0.0946 e. The van der Waals surface area contributed by atoms with Crippen LogP contribution >= 0.6 is 0 Å². The van der Waals surface area contributed by atoms with Gasteiger partial charge in [-0.15, -0.1) is 0 Å². The molecule has 0 aliphatic heterocycles. The second kappa shape index (κ2) is 6.75. The van der Waals surface area contributed by atoms with E-state index >= 15 is 0 Å². The van der Waals surface area contributed by atoms with E-state index in [9.17, 15) is 0 Å².